The lowest BCUT2D eigenvalue weighted by atomic mass is 10.0. The van der Waals surface area contributed by atoms with Crippen LogP contribution in [0, 0.1) is 19.8 Å². The first-order chi connectivity index (χ1) is 11.9. The van der Waals surface area contributed by atoms with Crippen LogP contribution in [0.4, 0.5) is 0 Å². The fourth-order valence-corrected chi connectivity index (χ4v) is 2.59. The summed E-state index contributed by atoms with van der Waals surface area (Å²) in [5.41, 5.74) is 3.79. The first-order valence-electron chi connectivity index (χ1n) is 8.25. The Hall–Kier alpha value is -2.69. The number of ether oxygens (including phenoxy) is 1. The number of hydrogen-bond acceptors (Lipinski definition) is 4. The monoisotopic (exact) mass is 340 g/mol. The maximum absolute atomic E-state index is 13.0. The van der Waals surface area contributed by atoms with E-state index in [-0.39, 0.29) is 11.9 Å². The minimum Gasteiger partial charge on any atom is -0.469 e. The van der Waals surface area contributed by atoms with Crippen LogP contribution in [0.2, 0.25) is 0 Å². The van der Waals surface area contributed by atoms with Crippen molar-refractivity contribution < 1.29 is 14.3 Å². The van der Waals surface area contributed by atoms with E-state index in [2.05, 4.69) is 4.98 Å². The van der Waals surface area contributed by atoms with Gasteiger partial charge in [-0.05, 0) is 54.8 Å². The molecule has 0 radical (unpaired) electrons. The quantitative estimate of drug-likeness (QED) is 0.758. The molecule has 0 aliphatic rings. The molecular weight excluding hydrogens is 316 g/mol. The molecule has 0 saturated carbocycles. The molecule has 2 rings (SSSR count). The molecule has 5 heteroatoms. The Kier molecular flexibility index (Phi) is 6.28. The summed E-state index contributed by atoms with van der Waals surface area (Å²) in [6, 6.07) is 9.39. The zero-order valence-electron chi connectivity index (χ0n) is 15.2. The molecule has 1 aromatic carbocycles. The van der Waals surface area contributed by atoms with E-state index in [0.29, 0.717) is 18.7 Å². The second-order valence-corrected chi connectivity index (χ2v) is 6.26. The summed E-state index contributed by atoms with van der Waals surface area (Å²) in [4.78, 5) is 30.5. The minimum absolute atomic E-state index is 0.101. The summed E-state index contributed by atoms with van der Waals surface area (Å²) in [6.45, 7) is 6.46. The molecular formula is C20H24N2O3. The number of methoxy groups -OCH3 is 1. The van der Waals surface area contributed by atoms with Crippen LogP contribution in [0.3, 0.4) is 0 Å². The number of hydrogen-bond donors (Lipinski definition) is 0. The molecule has 1 aromatic heterocycles. The zero-order valence-corrected chi connectivity index (χ0v) is 15.2. The fraction of sp³-hybridized carbons (Fsp3) is 0.350. The Morgan fingerprint density at radius 1 is 1.12 bits per heavy atom. The number of carbonyl (C=O) groups excluding carboxylic acids is 2. The van der Waals surface area contributed by atoms with Gasteiger partial charge in [0.25, 0.3) is 5.91 Å². The van der Waals surface area contributed by atoms with Gasteiger partial charge in [-0.15, -0.1) is 0 Å². The largest absolute Gasteiger partial charge is 0.469 e. The topological polar surface area (TPSA) is 59.5 Å². The molecule has 0 spiro atoms. The number of nitrogens with zero attached hydrogens (tertiary/aromatic N) is 2. The van der Waals surface area contributed by atoms with Crippen molar-refractivity contribution in [1.82, 2.24) is 9.88 Å². The number of benzene rings is 1. The maximum atomic E-state index is 13.0. The molecule has 0 aliphatic carbocycles. The van der Waals surface area contributed by atoms with Crippen molar-refractivity contribution in [3.63, 3.8) is 0 Å². The lowest BCUT2D eigenvalue weighted by Gasteiger charge is -2.25. The second kappa shape index (κ2) is 8.42. The average Bonchev–Trinajstić information content (AvgIpc) is 2.62. The van der Waals surface area contributed by atoms with E-state index in [4.69, 9.17) is 4.74 Å². The first-order valence-corrected chi connectivity index (χ1v) is 8.25. The molecule has 0 bridgehead atoms. The van der Waals surface area contributed by atoms with Crippen LogP contribution in [0.25, 0.3) is 0 Å². The predicted molar refractivity (Wildman–Crippen MR) is 96.1 cm³/mol. The summed E-state index contributed by atoms with van der Waals surface area (Å²) in [6.07, 6.45) is 3.38. The lowest BCUT2D eigenvalue weighted by Crippen LogP contribution is -2.37. The summed E-state index contributed by atoms with van der Waals surface area (Å²) >= 11 is 0. The van der Waals surface area contributed by atoms with Crippen LogP contribution < -0.4 is 0 Å². The minimum atomic E-state index is -0.401. The van der Waals surface area contributed by atoms with Gasteiger partial charge >= 0.3 is 5.97 Å². The summed E-state index contributed by atoms with van der Waals surface area (Å²) in [7, 11) is 1.36. The third-order valence-electron chi connectivity index (χ3n) is 4.26. The third kappa shape index (κ3) is 4.89. The van der Waals surface area contributed by atoms with Crippen molar-refractivity contribution in [2.24, 2.45) is 5.92 Å². The first kappa shape index (κ1) is 18.6. The highest BCUT2D eigenvalue weighted by atomic mass is 16.5. The summed E-state index contributed by atoms with van der Waals surface area (Å²) in [5, 5.41) is 0. The Morgan fingerprint density at radius 2 is 1.80 bits per heavy atom. The van der Waals surface area contributed by atoms with Gasteiger partial charge in [0, 0.05) is 31.0 Å². The standard InChI is InChI=1S/C20H24N2O3/c1-14-5-6-18(11-15(14)2)19(23)22(12-16(3)20(24)25-4)13-17-7-9-21-10-8-17/h5-11,16H,12-13H2,1-4H3. The maximum Gasteiger partial charge on any atom is 0.310 e. The van der Waals surface area contributed by atoms with Crippen molar-refractivity contribution >= 4 is 11.9 Å². The Bertz CT molecular complexity index is 744. The molecule has 25 heavy (non-hydrogen) atoms. The summed E-state index contributed by atoms with van der Waals surface area (Å²) < 4.78 is 4.80. The molecule has 132 valence electrons. The van der Waals surface area contributed by atoms with E-state index in [1.54, 1.807) is 24.2 Å². The Labute approximate surface area is 148 Å². The second-order valence-electron chi connectivity index (χ2n) is 6.26. The SMILES string of the molecule is COC(=O)C(C)CN(Cc1ccncc1)C(=O)c1ccc(C)c(C)c1. The van der Waals surface area contributed by atoms with E-state index in [1.807, 2.05) is 44.2 Å². The number of carbonyl (C=O) groups is 2. The average molecular weight is 340 g/mol. The normalized spacial score (nSPS) is 11.7. The van der Waals surface area contributed by atoms with Crippen LogP contribution in [-0.4, -0.2) is 35.4 Å². The van der Waals surface area contributed by atoms with Crippen LogP contribution >= 0.6 is 0 Å². The number of esters is 1. The van der Waals surface area contributed by atoms with Crippen LogP contribution in [0.5, 0.6) is 0 Å². The number of aryl methyl sites for hydroxylation is 2. The Balaban J connectivity index is 2.27. The molecule has 1 atom stereocenters. The van der Waals surface area contributed by atoms with E-state index in [1.165, 1.54) is 7.11 Å². The van der Waals surface area contributed by atoms with Gasteiger partial charge in [0.15, 0.2) is 0 Å². The number of pyridine rings is 1. The van der Waals surface area contributed by atoms with Gasteiger partial charge in [-0.25, -0.2) is 0 Å². The van der Waals surface area contributed by atoms with Crippen molar-refractivity contribution in [3.05, 3.63) is 65.0 Å². The van der Waals surface area contributed by atoms with E-state index < -0.39 is 5.92 Å². The molecule has 0 aliphatic heterocycles. The van der Waals surface area contributed by atoms with E-state index in [9.17, 15) is 9.59 Å². The van der Waals surface area contributed by atoms with Crippen LogP contribution in [-0.2, 0) is 16.1 Å². The molecule has 1 amide bonds. The molecule has 2 aromatic rings. The third-order valence-corrected chi connectivity index (χ3v) is 4.26. The highest BCUT2D eigenvalue weighted by molar-refractivity contribution is 5.94. The van der Waals surface area contributed by atoms with Crippen molar-refractivity contribution in [3.8, 4) is 0 Å². The van der Waals surface area contributed by atoms with Crippen LogP contribution in [0.1, 0.15) is 34.0 Å². The van der Waals surface area contributed by atoms with Gasteiger partial charge in [0.1, 0.15) is 0 Å². The highest BCUT2D eigenvalue weighted by Crippen LogP contribution is 2.16. The molecule has 1 unspecified atom stereocenters. The number of rotatable bonds is 6. The van der Waals surface area contributed by atoms with E-state index >= 15 is 0 Å². The molecule has 1 heterocycles. The van der Waals surface area contributed by atoms with Gasteiger partial charge in [-0.3, -0.25) is 14.6 Å². The van der Waals surface area contributed by atoms with Gasteiger partial charge in [0.2, 0.25) is 0 Å². The van der Waals surface area contributed by atoms with Crippen molar-refractivity contribution in [2.45, 2.75) is 27.3 Å². The fourth-order valence-electron chi connectivity index (χ4n) is 2.59. The van der Waals surface area contributed by atoms with Gasteiger partial charge in [-0.2, -0.15) is 0 Å². The molecule has 0 N–H and O–H groups in total. The molecule has 5 nitrogen and oxygen atoms in total. The van der Waals surface area contributed by atoms with Gasteiger partial charge in [0.05, 0.1) is 13.0 Å². The highest BCUT2D eigenvalue weighted by Gasteiger charge is 2.23. The number of amides is 1. The smallest absolute Gasteiger partial charge is 0.310 e. The molecule has 0 fully saturated rings. The van der Waals surface area contributed by atoms with Crippen molar-refractivity contribution in [1.29, 1.82) is 0 Å². The molecule has 0 saturated heterocycles. The van der Waals surface area contributed by atoms with Crippen molar-refractivity contribution in [2.75, 3.05) is 13.7 Å². The lowest BCUT2D eigenvalue weighted by molar-refractivity contribution is -0.145. The van der Waals surface area contributed by atoms with Gasteiger partial charge in [-0.1, -0.05) is 13.0 Å². The van der Waals surface area contributed by atoms with Gasteiger partial charge < -0.3 is 9.64 Å². The van der Waals surface area contributed by atoms with E-state index in [0.717, 1.165) is 16.7 Å². The van der Waals surface area contributed by atoms with Crippen LogP contribution in [0.15, 0.2) is 42.7 Å². The Morgan fingerprint density at radius 3 is 2.40 bits per heavy atom. The predicted octanol–water partition coefficient (Wildman–Crippen LogP) is 3.15. The number of aromatic nitrogens is 1. The summed E-state index contributed by atoms with van der Waals surface area (Å²) in [5.74, 6) is -0.828. The zero-order chi connectivity index (χ0) is 18.4.